The van der Waals surface area contributed by atoms with Gasteiger partial charge in [0.15, 0.2) is 0 Å². The molecule has 2 atom stereocenters. The van der Waals surface area contributed by atoms with Crippen molar-refractivity contribution in [2.24, 2.45) is 12.8 Å². The summed E-state index contributed by atoms with van der Waals surface area (Å²) in [5.74, 6) is 1.02. The van der Waals surface area contributed by atoms with E-state index in [2.05, 4.69) is 15.3 Å². The summed E-state index contributed by atoms with van der Waals surface area (Å²) >= 11 is 13.0. The topological polar surface area (TPSA) is 121 Å². The molecule has 32 heavy (non-hydrogen) atoms. The number of ketones is 1. The van der Waals surface area contributed by atoms with Crippen molar-refractivity contribution in [2.45, 2.75) is 24.9 Å². The average Bonchev–Trinajstić information content (AvgIpc) is 3.08. The number of aryl methyl sites for hydroxylation is 1. The number of rotatable bonds is 5. The number of fused-ring (bicyclic) bond motifs is 1. The highest BCUT2D eigenvalue weighted by molar-refractivity contribution is 6.41. The van der Waals surface area contributed by atoms with Gasteiger partial charge in [-0.3, -0.25) is 14.2 Å². The Morgan fingerprint density at radius 3 is 2.34 bits per heavy atom. The molecule has 168 valence electrons. The standard InChI is InChI=1S/C21H21Cl2N5O4/c1-28-19-9(8-25-21(27-19)26-13-6-10(29)5-12(13)24)4-11(20(28)30)16-17(22)14(31-2)7-15(32-3)18(16)23/h4,7-8,12-13H,5-6,24H2,1-3H3,(H,25,26,27). The minimum atomic E-state index is -0.367. The van der Waals surface area contributed by atoms with Gasteiger partial charge in [0.25, 0.3) is 5.56 Å². The number of carbonyl (C=O) groups excluding carboxylic acids is 1. The highest BCUT2D eigenvalue weighted by Gasteiger charge is 2.30. The van der Waals surface area contributed by atoms with Crippen molar-refractivity contribution in [3.63, 3.8) is 0 Å². The molecule has 2 unspecified atom stereocenters. The molecule has 0 saturated heterocycles. The molecule has 2 heterocycles. The molecule has 0 spiro atoms. The minimum absolute atomic E-state index is 0.0929. The smallest absolute Gasteiger partial charge is 0.259 e. The number of halogens is 2. The summed E-state index contributed by atoms with van der Waals surface area (Å²) in [6.45, 7) is 0. The number of nitrogens with zero attached hydrogens (tertiary/aromatic N) is 3. The molecule has 11 heteroatoms. The van der Waals surface area contributed by atoms with Crippen molar-refractivity contribution >= 4 is 46.0 Å². The number of nitrogens with two attached hydrogens (primary N) is 1. The van der Waals surface area contributed by atoms with E-state index in [-0.39, 0.29) is 45.0 Å². The second-order valence-corrected chi connectivity index (χ2v) is 8.30. The van der Waals surface area contributed by atoms with Crippen LogP contribution in [0.4, 0.5) is 5.95 Å². The summed E-state index contributed by atoms with van der Waals surface area (Å²) in [4.78, 5) is 33.7. The Morgan fingerprint density at radius 2 is 1.78 bits per heavy atom. The Hall–Kier alpha value is -2.88. The third-order valence-electron chi connectivity index (χ3n) is 5.53. The maximum absolute atomic E-state index is 13.3. The Bertz CT molecular complexity index is 1270. The second-order valence-electron chi connectivity index (χ2n) is 7.54. The number of hydrogen-bond acceptors (Lipinski definition) is 8. The first-order valence-electron chi connectivity index (χ1n) is 9.76. The first-order chi connectivity index (χ1) is 15.2. The molecule has 0 amide bonds. The lowest BCUT2D eigenvalue weighted by Gasteiger charge is -2.17. The maximum Gasteiger partial charge on any atom is 0.259 e. The number of ether oxygens (including phenoxy) is 2. The number of benzene rings is 1. The van der Waals surface area contributed by atoms with Crippen molar-refractivity contribution in [1.29, 1.82) is 0 Å². The fourth-order valence-electron chi connectivity index (χ4n) is 3.83. The zero-order valence-electron chi connectivity index (χ0n) is 17.6. The van der Waals surface area contributed by atoms with Gasteiger partial charge < -0.3 is 20.5 Å². The van der Waals surface area contributed by atoms with Crippen LogP contribution in [0.3, 0.4) is 0 Å². The lowest BCUT2D eigenvalue weighted by atomic mass is 10.0. The van der Waals surface area contributed by atoms with Crippen LogP contribution in [0.2, 0.25) is 10.0 Å². The van der Waals surface area contributed by atoms with Crippen LogP contribution >= 0.6 is 23.2 Å². The third-order valence-corrected chi connectivity index (χ3v) is 6.28. The highest BCUT2D eigenvalue weighted by atomic mass is 35.5. The predicted octanol–water partition coefficient (Wildman–Crippen LogP) is 2.79. The molecule has 3 aromatic rings. The number of hydrogen-bond donors (Lipinski definition) is 2. The zero-order chi connectivity index (χ0) is 23.2. The lowest BCUT2D eigenvalue weighted by Crippen LogP contribution is -2.35. The molecule has 0 bridgehead atoms. The normalized spacial score (nSPS) is 18.2. The van der Waals surface area contributed by atoms with Crippen molar-refractivity contribution < 1.29 is 14.3 Å². The minimum Gasteiger partial charge on any atom is -0.495 e. The van der Waals surface area contributed by atoms with E-state index < -0.39 is 0 Å². The van der Waals surface area contributed by atoms with Crippen LogP contribution in [0.15, 0.2) is 23.1 Å². The Kier molecular flexibility index (Phi) is 5.98. The van der Waals surface area contributed by atoms with Crippen LogP contribution < -0.4 is 26.1 Å². The molecule has 1 aliphatic rings. The Labute approximate surface area is 193 Å². The molecule has 1 aliphatic carbocycles. The third kappa shape index (κ3) is 3.76. The summed E-state index contributed by atoms with van der Waals surface area (Å²) in [7, 11) is 4.51. The lowest BCUT2D eigenvalue weighted by molar-refractivity contribution is -0.117. The van der Waals surface area contributed by atoms with Crippen LogP contribution in [0, 0.1) is 0 Å². The van der Waals surface area contributed by atoms with Gasteiger partial charge in [0, 0.05) is 49.1 Å². The van der Waals surface area contributed by atoms with E-state index in [9.17, 15) is 9.59 Å². The van der Waals surface area contributed by atoms with Gasteiger partial charge in [-0.25, -0.2) is 4.98 Å². The average molecular weight is 478 g/mol. The summed E-state index contributed by atoms with van der Waals surface area (Å²) in [6.07, 6.45) is 2.21. The zero-order valence-corrected chi connectivity index (χ0v) is 19.1. The number of nitrogens with one attached hydrogen (secondary N) is 1. The number of aromatic nitrogens is 3. The Balaban J connectivity index is 1.84. The van der Waals surface area contributed by atoms with Crippen molar-refractivity contribution in [2.75, 3.05) is 19.5 Å². The monoisotopic (exact) mass is 477 g/mol. The van der Waals surface area contributed by atoms with Gasteiger partial charge in [-0.1, -0.05) is 23.2 Å². The van der Waals surface area contributed by atoms with Gasteiger partial charge in [-0.05, 0) is 6.07 Å². The first-order valence-corrected chi connectivity index (χ1v) is 10.5. The molecule has 9 nitrogen and oxygen atoms in total. The number of pyridine rings is 1. The number of anilines is 1. The quantitative estimate of drug-likeness (QED) is 0.574. The van der Waals surface area contributed by atoms with E-state index in [1.165, 1.54) is 18.8 Å². The van der Waals surface area contributed by atoms with Crippen LogP contribution in [-0.4, -0.2) is 46.6 Å². The van der Waals surface area contributed by atoms with E-state index in [1.807, 2.05) is 0 Å². The highest BCUT2D eigenvalue weighted by Crippen LogP contribution is 2.45. The van der Waals surface area contributed by atoms with Gasteiger partial charge in [0.2, 0.25) is 5.95 Å². The maximum atomic E-state index is 13.3. The van der Waals surface area contributed by atoms with Crippen LogP contribution in [0.5, 0.6) is 11.5 Å². The molecule has 3 N–H and O–H groups in total. The molecular weight excluding hydrogens is 457 g/mol. The Morgan fingerprint density at radius 1 is 1.12 bits per heavy atom. The SMILES string of the molecule is COc1cc(OC)c(Cl)c(-c2cc3cnc(NC4CC(=O)CC4N)nc3n(C)c2=O)c1Cl. The molecule has 0 aliphatic heterocycles. The van der Waals surface area contributed by atoms with E-state index in [4.69, 9.17) is 38.4 Å². The van der Waals surface area contributed by atoms with E-state index in [0.29, 0.717) is 40.9 Å². The van der Waals surface area contributed by atoms with Crippen LogP contribution in [0.25, 0.3) is 22.2 Å². The number of methoxy groups -OCH3 is 2. The van der Waals surface area contributed by atoms with Crippen molar-refractivity contribution in [3.8, 4) is 22.6 Å². The van der Waals surface area contributed by atoms with E-state index in [1.54, 1.807) is 25.4 Å². The van der Waals surface area contributed by atoms with Crippen molar-refractivity contribution in [3.05, 3.63) is 38.7 Å². The van der Waals surface area contributed by atoms with Crippen LogP contribution in [-0.2, 0) is 11.8 Å². The molecule has 0 radical (unpaired) electrons. The number of Topliss-reactive ketones (excluding diaryl/α,β-unsaturated/α-hetero) is 1. The van der Waals surface area contributed by atoms with E-state index >= 15 is 0 Å². The van der Waals surface area contributed by atoms with Gasteiger partial charge in [0.1, 0.15) is 22.9 Å². The largest absolute Gasteiger partial charge is 0.495 e. The van der Waals surface area contributed by atoms with Gasteiger partial charge in [-0.2, -0.15) is 4.98 Å². The molecular formula is C21H21Cl2N5O4. The van der Waals surface area contributed by atoms with Gasteiger partial charge in [-0.15, -0.1) is 0 Å². The van der Waals surface area contributed by atoms with Crippen LogP contribution in [0.1, 0.15) is 12.8 Å². The fourth-order valence-corrected chi connectivity index (χ4v) is 4.53. The van der Waals surface area contributed by atoms with Gasteiger partial charge in [0.05, 0.1) is 35.9 Å². The molecule has 2 aromatic heterocycles. The number of carbonyl (C=O) groups is 1. The molecule has 1 fully saturated rings. The van der Waals surface area contributed by atoms with Crippen molar-refractivity contribution in [1.82, 2.24) is 14.5 Å². The molecule has 4 rings (SSSR count). The summed E-state index contributed by atoms with van der Waals surface area (Å²) < 4.78 is 12.0. The molecule has 1 aromatic carbocycles. The fraction of sp³-hybridized carbons (Fsp3) is 0.333. The summed E-state index contributed by atoms with van der Waals surface area (Å²) in [5, 5.41) is 4.06. The van der Waals surface area contributed by atoms with E-state index in [0.717, 1.165) is 0 Å². The second kappa shape index (κ2) is 8.57. The molecule has 1 saturated carbocycles. The predicted molar refractivity (Wildman–Crippen MR) is 123 cm³/mol. The summed E-state index contributed by atoms with van der Waals surface area (Å²) in [5.41, 5.74) is 6.58. The summed E-state index contributed by atoms with van der Waals surface area (Å²) in [6, 6.07) is 2.62. The van der Waals surface area contributed by atoms with Gasteiger partial charge >= 0.3 is 0 Å². The first kappa shape index (κ1) is 22.3.